The standard InChI is InChI=1S/C18H13F3N6O2/c19-18(20,21)17(16-25-14(26-29-16)12-3-1-2-7-23-12)6-8-27(10-17)15(28)13-5-4-11(9-22)24-13/h1-5,7,24H,6,8,10H2. The van der Waals surface area contributed by atoms with Crippen molar-refractivity contribution in [1.82, 2.24) is 25.0 Å². The molecule has 4 heterocycles. The Kier molecular flexibility index (Phi) is 4.34. The van der Waals surface area contributed by atoms with E-state index in [1.54, 1.807) is 18.2 Å². The number of aromatic amines is 1. The molecule has 148 valence electrons. The molecular formula is C18H13F3N6O2. The lowest BCUT2D eigenvalue weighted by Crippen LogP contribution is -2.46. The summed E-state index contributed by atoms with van der Waals surface area (Å²) in [6.45, 7) is -0.819. The van der Waals surface area contributed by atoms with Crippen molar-refractivity contribution >= 4 is 5.91 Å². The Hall–Kier alpha value is -3.68. The highest BCUT2D eigenvalue weighted by Crippen LogP contribution is 2.47. The SMILES string of the molecule is N#Cc1ccc(C(=O)N2CCC(c3nc(-c4ccccn4)no3)(C(F)(F)F)C2)[nH]1. The number of nitrogens with zero attached hydrogens (tertiary/aromatic N) is 5. The molecule has 1 saturated heterocycles. The minimum Gasteiger partial charge on any atom is -0.342 e. The first-order chi connectivity index (χ1) is 13.8. The fraction of sp³-hybridized carbons (Fsp3) is 0.278. The number of halogens is 3. The van der Waals surface area contributed by atoms with Gasteiger partial charge in [-0.15, -0.1) is 0 Å². The van der Waals surface area contributed by atoms with E-state index < -0.39 is 36.4 Å². The van der Waals surface area contributed by atoms with Gasteiger partial charge in [0.05, 0.1) is 0 Å². The number of carbonyl (C=O) groups is 1. The quantitative estimate of drug-likeness (QED) is 0.721. The van der Waals surface area contributed by atoms with Gasteiger partial charge in [-0.25, -0.2) is 0 Å². The van der Waals surface area contributed by atoms with Crippen LogP contribution in [-0.4, -0.2) is 50.2 Å². The molecule has 11 heteroatoms. The van der Waals surface area contributed by atoms with Gasteiger partial charge < -0.3 is 14.4 Å². The third-order valence-corrected chi connectivity index (χ3v) is 4.87. The predicted molar refractivity (Wildman–Crippen MR) is 91.3 cm³/mol. The maximum Gasteiger partial charge on any atom is 0.405 e. The summed E-state index contributed by atoms with van der Waals surface area (Å²) in [5.41, 5.74) is -2.01. The molecule has 1 unspecified atom stereocenters. The van der Waals surface area contributed by atoms with Gasteiger partial charge in [-0.05, 0) is 30.7 Å². The van der Waals surface area contributed by atoms with Crippen molar-refractivity contribution in [2.24, 2.45) is 0 Å². The minimum atomic E-state index is -4.72. The molecule has 1 atom stereocenters. The average Bonchev–Trinajstić information content (AvgIpc) is 3.46. The molecular weight excluding hydrogens is 389 g/mol. The average molecular weight is 402 g/mol. The van der Waals surface area contributed by atoms with Crippen molar-refractivity contribution in [3.63, 3.8) is 0 Å². The number of aromatic nitrogens is 4. The van der Waals surface area contributed by atoms with Crippen LogP contribution in [0.5, 0.6) is 0 Å². The summed E-state index contributed by atoms with van der Waals surface area (Å²) in [4.78, 5) is 24.2. The number of pyridine rings is 1. The van der Waals surface area contributed by atoms with Crippen molar-refractivity contribution in [3.05, 3.63) is 53.8 Å². The number of amides is 1. The van der Waals surface area contributed by atoms with Crippen LogP contribution in [0.1, 0.15) is 28.5 Å². The zero-order valence-electron chi connectivity index (χ0n) is 14.8. The Morgan fingerprint density at radius 2 is 2.14 bits per heavy atom. The fourth-order valence-electron chi connectivity index (χ4n) is 3.28. The van der Waals surface area contributed by atoms with Crippen molar-refractivity contribution < 1.29 is 22.5 Å². The van der Waals surface area contributed by atoms with Crippen LogP contribution >= 0.6 is 0 Å². The number of hydrogen-bond donors (Lipinski definition) is 1. The molecule has 1 N–H and O–H groups in total. The van der Waals surface area contributed by atoms with Crippen molar-refractivity contribution in [2.45, 2.75) is 18.0 Å². The third kappa shape index (κ3) is 3.12. The van der Waals surface area contributed by atoms with Gasteiger partial charge in [-0.3, -0.25) is 9.78 Å². The van der Waals surface area contributed by atoms with E-state index in [2.05, 4.69) is 20.1 Å². The monoisotopic (exact) mass is 402 g/mol. The van der Waals surface area contributed by atoms with Gasteiger partial charge in [0.15, 0.2) is 5.41 Å². The van der Waals surface area contributed by atoms with Crippen molar-refractivity contribution in [3.8, 4) is 17.6 Å². The summed E-state index contributed by atoms with van der Waals surface area (Å²) in [5, 5.41) is 12.5. The third-order valence-electron chi connectivity index (χ3n) is 4.87. The molecule has 1 aliphatic rings. The van der Waals surface area contributed by atoms with Crippen LogP contribution in [0.25, 0.3) is 11.5 Å². The molecule has 0 radical (unpaired) electrons. The molecule has 1 aliphatic heterocycles. The molecule has 0 spiro atoms. The predicted octanol–water partition coefficient (Wildman–Crippen LogP) is 2.68. The van der Waals surface area contributed by atoms with E-state index in [1.165, 1.54) is 18.3 Å². The zero-order valence-corrected chi connectivity index (χ0v) is 14.8. The highest BCUT2D eigenvalue weighted by atomic mass is 19.4. The van der Waals surface area contributed by atoms with Crippen LogP contribution in [-0.2, 0) is 5.41 Å². The minimum absolute atomic E-state index is 0.0410. The van der Waals surface area contributed by atoms with Crippen LogP contribution < -0.4 is 0 Å². The van der Waals surface area contributed by atoms with E-state index >= 15 is 0 Å². The second kappa shape index (κ2) is 6.73. The van der Waals surface area contributed by atoms with Crippen LogP contribution in [0, 0.1) is 11.3 Å². The first kappa shape index (κ1) is 18.7. The van der Waals surface area contributed by atoms with Gasteiger partial charge in [0.1, 0.15) is 23.2 Å². The number of alkyl halides is 3. The van der Waals surface area contributed by atoms with E-state index in [4.69, 9.17) is 9.78 Å². The molecule has 1 fully saturated rings. The molecule has 0 aromatic carbocycles. The van der Waals surface area contributed by atoms with Crippen LogP contribution in [0.3, 0.4) is 0 Å². The first-order valence-electron chi connectivity index (χ1n) is 8.55. The molecule has 8 nitrogen and oxygen atoms in total. The maximum atomic E-state index is 14.1. The lowest BCUT2D eigenvalue weighted by molar-refractivity contribution is -0.193. The number of hydrogen-bond acceptors (Lipinski definition) is 6. The highest BCUT2D eigenvalue weighted by molar-refractivity contribution is 5.93. The Balaban J connectivity index is 1.65. The van der Waals surface area contributed by atoms with Gasteiger partial charge in [0.2, 0.25) is 11.7 Å². The fourth-order valence-corrected chi connectivity index (χ4v) is 3.28. The van der Waals surface area contributed by atoms with Gasteiger partial charge in [-0.1, -0.05) is 11.2 Å². The Bertz CT molecular complexity index is 1080. The van der Waals surface area contributed by atoms with E-state index in [-0.39, 0.29) is 29.5 Å². The maximum absolute atomic E-state index is 14.1. The normalized spacial score (nSPS) is 19.3. The molecule has 4 rings (SSSR count). The first-order valence-corrected chi connectivity index (χ1v) is 8.55. The molecule has 0 bridgehead atoms. The second-order valence-corrected chi connectivity index (χ2v) is 6.59. The molecule has 3 aromatic rings. The largest absolute Gasteiger partial charge is 0.405 e. The summed E-state index contributed by atoms with van der Waals surface area (Å²) in [6.07, 6.45) is -3.67. The molecule has 0 saturated carbocycles. The molecule has 0 aliphatic carbocycles. The highest BCUT2D eigenvalue weighted by Gasteiger charge is 2.63. The van der Waals surface area contributed by atoms with Gasteiger partial charge >= 0.3 is 6.18 Å². The Labute approximate surface area is 162 Å². The number of likely N-dealkylation sites (tertiary alicyclic amines) is 1. The molecule has 1 amide bonds. The Morgan fingerprint density at radius 3 is 2.79 bits per heavy atom. The zero-order chi connectivity index (χ0) is 20.6. The van der Waals surface area contributed by atoms with Crippen molar-refractivity contribution in [2.75, 3.05) is 13.1 Å². The van der Waals surface area contributed by atoms with Gasteiger partial charge in [-0.2, -0.15) is 23.4 Å². The van der Waals surface area contributed by atoms with E-state index in [0.29, 0.717) is 0 Å². The number of carbonyl (C=O) groups excluding carboxylic acids is 1. The van der Waals surface area contributed by atoms with Crippen LogP contribution in [0.15, 0.2) is 41.1 Å². The summed E-state index contributed by atoms with van der Waals surface area (Å²) in [7, 11) is 0. The lowest BCUT2D eigenvalue weighted by atomic mass is 9.86. The summed E-state index contributed by atoms with van der Waals surface area (Å²) >= 11 is 0. The number of H-pyrrole nitrogens is 1. The van der Waals surface area contributed by atoms with Crippen LogP contribution in [0.2, 0.25) is 0 Å². The van der Waals surface area contributed by atoms with Crippen molar-refractivity contribution in [1.29, 1.82) is 5.26 Å². The van der Waals surface area contributed by atoms with Gasteiger partial charge in [0.25, 0.3) is 5.91 Å². The van der Waals surface area contributed by atoms with Crippen LogP contribution in [0.4, 0.5) is 13.2 Å². The van der Waals surface area contributed by atoms with E-state index in [1.807, 2.05) is 6.07 Å². The number of rotatable bonds is 3. The number of nitrogens with one attached hydrogen (secondary N) is 1. The van der Waals surface area contributed by atoms with Gasteiger partial charge in [0, 0.05) is 19.3 Å². The summed E-state index contributed by atoms with van der Waals surface area (Å²) in [6, 6.07) is 9.44. The lowest BCUT2D eigenvalue weighted by Gasteiger charge is -2.27. The Morgan fingerprint density at radius 1 is 1.31 bits per heavy atom. The van der Waals surface area contributed by atoms with E-state index in [9.17, 15) is 18.0 Å². The summed E-state index contributed by atoms with van der Waals surface area (Å²) in [5.74, 6) is -1.30. The molecule has 3 aromatic heterocycles. The number of nitriles is 1. The second-order valence-electron chi connectivity index (χ2n) is 6.59. The molecule has 29 heavy (non-hydrogen) atoms. The van der Waals surface area contributed by atoms with E-state index in [0.717, 1.165) is 4.90 Å². The summed E-state index contributed by atoms with van der Waals surface area (Å²) < 4.78 is 47.2. The smallest absolute Gasteiger partial charge is 0.342 e. The topological polar surface area (TPSA) is 112 Å².